The summed E-state index contributed by atoms with van der Waals surface area (Å²) in [4.78, 5) is -2.40. The molecule has 0 aliphatic carbocycles. The Morgan fingerprint density at radius 3 is 1.13 bits per heavy atom. The van der Waals surface area contributed by atoms with Gasteiger partial charge in [-0.25, -0.2) is 0 Å². The molecule has 0 amide bonds. The summed E-state index contributed by atoms with van der Waals surface area (Å²) >= 11 is 0. The van der Waals surface area contributed by atoms with E-state index in [0.29, 0.717) is 0 Å². The van der Waals surface area contributed by atoms with Crippen LogP contribution in [0.4, 0.5) is 45.5 Å². The smallest absolute Gasteiger partial charge is 0.295 e. The molecule has 0 heterocycles. The van der Waals surface area contributed by atoms with Gasteiger partial charge in [-0.15, -0.1) is 0 Å². The van der Waals surface area contributed by atoms with E-state index in [-0.39, 0.29) is 66.5 Å². The molecular formula is C40H32N8O16S4. The summed E-state index contributed by atoms with van der Waals surface area (Å²) in [5.74, 6) is -0.00177. The lowest BCUT2D eigenvalue weighted by Gasteiger charge is -2.08. The van der Waals surface area contributed by atoms with Crippen LogP contribution < -0.4 is 9.47 Å². The molecule has 6 rings (SSSR count). The fourth-order valence-corrected chi connectivity index (χ4v) is 8.21. The SMILES string of the molecule is COc1cc(N=Nc2cccc(S(=O)(=O)O)c2)ccc1N=[N+]([O-])c1ccc(/C=C/c2ccc([N+]([O-])=Nc3ccc(N=Nc4cccc(S(=O)(=O)O)c4)cc3OC)cc2S(=O)(=O)O)c(S(=O)(=O)O)c1. The third kappa shape index (κ3) is 12.6. The van der Waals surface area contributed by atoms with Gasteiger partial charge in [-0.2, -0.15) is 54.1 Å². The highest BCUT2D eigenvalue weighted by Gasteiger charge is 2.22. The zero-order chi connectivity index (χ0) is 49.6. The zero-order valence-electron chi connectivity index (χ0n) is 34.6. The van der Waals surface area contributed by atoms with Crippen molar-refractivity contribution >= 4 is 98.1 Å². The van der Waals surface area contributed by atoms with Crippen molar-refractivity contribution in [2.75, 3.05) is 14.2 Å². The normalized spacial score (nSPS) is 13.1. The Balaban J connectivity index is 1.24. The first-order valence-corrected chi connectivity index (χ1v) is 24.3. The van der Waals surface area contributed by atoms with Crippen LogP contribution in [0.25, 0.3) is 12.2 Å². The molecule has 0 aliphatic heterocycles. The van der Waals surface area contributed by atoms with E-state index in [1.165, 1.54) is 74.9 Å². The van der Waals surface area contributed by atoms with E-state index < -0.39 is 71.4 Å². The third-order valence-electron chi connectivity index (χ3n) is 8.95. The minimum atomic E-state index is -5.07. The summed E-state index contributed by atoms with van der Waals surface area (Å²) in [6, 6.07) is 24.0. The fraction of sp³-hybridized carbons (Fsp3) is 0.0500. The molecule has 0 saturated carbocycles. The van der Waals surface area contributed by atoms with E-state index in [1.54, 1.807) is 0 Å². The average molecular weight is 1010 g/mol. The average Bonchev–Trinajstić information content (AvgIpc) is 3.29. The number of benzene rings is 6. The van der Waals surface area contributed by atoms with Gasteiger partial charge in [0.2, 0.25) is 11.4 Å². The first-order valence-electron chi connectivity index (χ1n) is 18.6. The van der Waals surface area contributed by atoms with Crippen LogP contribution in [0.5, 0.6) is 11.5 Å². The Bertz CT molecular complexity index is 3350. The van der Waals surface area contributed by atoms with Crippen LogP contribution in [0, 0.1) is 10.4 Å². The van der Waals surface area contributed by atoms with Crippen molar-refractivity contribution in [1.82, 2.24) is 0 Å². The Morgan fingerprint density at radius 1 is 0.456 bits per heavy atom. The lowest BCUT2D eigenvalue weighted by Crippen LogP contribution is -2.03. The number of nitrogens with zero attached hydrogens (tertiary/aromatic N) is 8. The largest absolute Gasteiger partial charge is 0.594 e. The number of azo groups is 4. The van der Waals surface area contributed by atoms with Crippen LogP contribution in [0.15, 0.2) is 172 Å². The molecule has 352 valence electrons. The Morgan fingerprint density at radius 2 is 0.809 bits per heavy atom. The van der Waals surface area contributed by atoms with Crippen molar-refractivity contribution in [2.24, 2.45) is 30.7 Å². The molecule has 0 atom stereocenters. The van der Waals surface area contributed by atoms with Gasteiger partial charge in [-0.1, -0.05) is 24.3 Å². The number of hydrogen-bond acceptors (Lipinski definition) is 18. The van der Waals surface area contributed by atoms with Gasteiger partial charge < -0.3 is 19.9 Å². The molecule has 0 bridgehead atoms. The van der Waals surface area contributed by atoms with E-state index in [4.69, 9.17) is 9.47 Å². The van der Waals surface area contributed by atoms with Crippen molar-refractivity contribution in [2.45, 2.75) is 19.6 Å². The summed E-state index contributed by atoms with van der Waals surface area (Å²) in [7, 11) is -16.6. The number of hydrogen-bond donors (Lipinski definition) is 4. The Labute approximate surface area is 386 Å². The quantitative estimate of drug-likeness (QED) is 0.0230. The third-order valence-corrected chi connectivity index (χ3v) is 12.5. The van der Waals surface area contributed by atoms with E-state index >= 15 is 0 Å². The van der Waals surface area contributed by atoms with Gasteiger partial charge in [0, 0.05) is 46.6 Å². The zero-order valence-corrected chi connectivity index (χ0v) is 37.9. The van der Waals surface area contributed by atoms with Crippen LogP contribution in [-0.2, 0) is 40.5 Å². The second kappa shape index (κ2) is 20.0. The fourth-order valence-electron chi connectivity index (χ4n) is 5.76. The number of rotatable bonds is 16. The highest BCUT2D eigenvalue weighted by atomic mass is 32.2. The van der Waals surface area contributed by atoms with Gasteiger partial charge in [-0.3, -0.25) is 18.2 Å². The second-order valence-corrected chi connectivity index (χ2v) is 19.2. The van der Waals surface area contributed by atoms with E-state index in [9.17, 15) is 62.3 Å². The van der Waals surface area contributed by atoms with Crippen molar-refractivity contribution < 1.29 is 71.1 Å². The molecule has 24 nitrogen and oxygen atoms in total. The Hall–Kier alpha value is -7.70. The molecule has 0 fully saturated rings. The summed E-state index contributed by atoms with van der Waals surface area (Å²) in [5.41, 5.74) is -0.946. The first kappa shape index (κ1) is 49.7. The summed E-state index contributed by atoms with van der Waals surface area (Å²) in [6.45, 7) is 0. The van der Waals surface area contributed by atoms with Crippen molar-refractivity contribution in [3.05, 3.63) is 143 Å². The van der Waals surface area contributed by atoms with Crippen molar-refractivity contribution in [3.8, 4) is 11.5 Å². The maximum atomic E-state index is 13.2. The summed E-state index contributed by atoms with van der Waals surface area (Å²) in [5, 5.41) is 50.0. The highest BCUT2D eigenvalue weighted by Crippen LogP contribution is 2.36. The predicted molar refractivity (Wildman–Crippen MR) is 239 cm³/mol. The van der Waals surface area contributed by atoms with Gasteiger partial charge >= 0.3 is 0 Å². The van der Waals surface area contributed by atoms with E-state index in [2.05, 4.69) is 30.7 Å². The van der Waals surface area contributed by atoms with Gasteiger partial charge in [-0.05, 0) is 93.6 Å². The summed E-state index contributed by atoms with van der Waals surface area (Å²) in [6.07, 6.45) is 2.10. The summed E-state index contributed by atoms with van der Waals surface area (Å²) < 4.78 is 145. The van der Waals surface area contributed by atoms with Crippen molar-refractivity contribution in [3.63, 3.8) is 0 Å². The minimum Gasteiger partial charge on any atom is -0.594 e. The monoisotopic (exact) mass is 1010 g/mol. The lowest BCUT2D eigenvalue weighted by molar-refractivity contribution is -0.435. The maximum Gasteiger partial charge on any atom is 0.295 e. The molecule has 0 aliphatic rings. The van der Waals surface area contributed by atoms with Crippen molar-refractivity contribution in [1.29, 1.82) is 0 Å². The van der Waals surface area contributed by atoms with Gasteiger partial charge in [0.15, 0.2) is 22.9 Å². The molecule has 0 unspecified atom stereocenters. The molecular weight excluding hydrogens is 977 g/mol. The van der Waals surface area contributed by atoms with Crippen LogP contribution in [0.2, 0.25) is 0 Å². The maximum absolute atomic E-state index is 13.2. The standard InChI is InChI=1S/C40H32N8O16S4/c1-63-37-21-29(43-41-27-5-3-7-33(19-27)65(51,52)53)13-17-35(37)45-47(49)31-15-11-25(39(23-31)67(57,58)59)9-10-26-12-16-32(24-40(26)68(60,61)62)48(50)46-36-18-14-30(22-38(36)64-2)44-42-28-6-4-8-34(20-28)66(54,55)56/h3-24H,1-2H3,(H,51,52,53)(H,54,55,56)(H,57,58,59)(H,60,61,62)/b10-9+,43-41?,44-42?,47-45?,48-46?. The minimum absolute atomic E-state index is 0.000886. The molecule has 68 heavy (non-hydrogen) atoms. The molecule has 6 aromatic carbocycles. The molecule has 0 aromatic heterocycles. The lowest BCUT2D eigenvalue weighted by atomic mass is 10.1. The van der Waals surface area contributed by atoms with Crippen LogP contribution in [0.3, 0.4) is 0 Å². The first-order chi connectivity index (χ1) is 31.9. The molecule has 6 aromatic rings. The highest BCUT2D eigenvalue weighted by molar-refractivity contribution is 7.86. The van der Waals surface area contributed by atoms with E-state index in [1.807, 2.05) is 0 Å². The molecule has 28 heteroatoms. The predicted octanol–water partition coefficient (Wildman–Crippen LogP) is 9.54. The topological polar surface area (TPSA) is 362 Å². The van der Waals surface area contributed by atoms with Crippen LogP contribution >= 0.6 is 0 Å². The van der Waals surface area contributed by atoms with Gasteiger partial charge in [0.05, 0.1) is 46.8 Å². The Kier molecular flexibility index (Phi) is 14.7. The van der Waals surface area contributed by atoms with Crippen LogP contribution in [-0.4, -0.2) is 75.8 Å². The molecule has 0 radical (unpaired) electrons. The van der Waals surface area contributed by atoms with E-state index in [0.717, 1.165) is 72.8 Å². The number of methoxy groups -OCH3 is 2. The number of ether oxygens (including phenoxy) is 2. The van der Waals surface area contributed by atoms with Gasteiger partial charge in [0.1, 0.15) is 9.79 Å². The van der Waals surface area contributed by atoms with Crippen LogP contribution in [0.1, 0.15) is 11.1 Å². The molecule has 0 saturated heterocycles. The molecule has 4 N–H and O–H groups in total. The van der Waals surface area contributed by atoms with Gasteiger partial charge in [0.25, 0.3) is 40.5 Å². The second-order valence-electron chi connectivity index (χ2n) is 13.5. The molecule has 0 spiro atoms.